The molecule has 0 spiro atoms. The zero-order valence-corrected chi connectivity index (χ0v) is 18.2. The van der Waals surface area contributed by atoms with Crippen molar-refractivity contribution in [2.45, 2.75) is 18.6 Å². The molecule has 1 unspecified atom stereocenters. The van der Waals surface area contributed by atoms with Crippen LogP contribution in [0.1, 0.15) is 29.7 Å². The van der Waals surface area contributed by atoms with Gasteiger partial charge in [-0.15, -0.1) is 0 Å². The molecule has 0 aromatic heterocycles. The molecule has 2 atom stereocenters. The number of benzene rings is 4. The molecule has 0 fully saturated rings. The van der Waals surface area contributed by atoms with Gasteiger partial charge in [-0.1, -0.05) is 103 Å². The van der Waals surface area contributed by atoms with E-state index in [0.29, 0.717) is 5.02 Å². The van der Waals surface area contributed by atoms with Gasteiger partial charge >= 0.3 is 5.97 Å². The van der Waals surface area contributed by atoms with Crippen molar-refractivity contribution in [3.8, 4) is 0 Å². The van der Waals surface area contributed by atoms with Gasteiger partial charge in [-0.25, -0.2) is 4.79 Å². The minimum Gasteiger partial charge on any atom is -0.450 e. The number of esters is 1. The van der Waals surface area contributed by atoms with Gasteiger partial charge in [0.25, 0.3) is 0 Å². The molecule has 4 aromatic rings. The number of rotatable bonds is 6. The number of methoxy groups -OCH3 is 1. The highest BCUT2D eigenvalue weighted by Crippen LogP contribution is 2.37. The summed E-state index contributed by atoms with van der Waals surface area (Å²) in [7, 11) is 1.52. The summed E-state index contributed by atoms with van der Waals surface area (Å²) in [6.07, 6.45) is -0.660. The average Bonchev–Trinajstić information content (AvgIpc) is 2.82. The van der Waals surface area contributed by atoms with Gasteiger partial charge in [-0.2, -0.15) is 0 Å². The first-order chi connectivity index (χ1) is 15.0. The van der Waals surface area contributed by atoms with Gasteiger partial charge < -0.3 is 9.47 Å². The van der Waals surface area contributed by atoms with E-state index in [9.17, 15) is 4.79 Å². The van der Waals surface area contributed by atoms with E-state index in [1.807, 2.05) is 91.0 Å². The summed E-state index contributed by atoms with van der Waals surface area (Å²) in [5.41, 5.74) is 1.01. The summed E-state index contributed by atoms with van der Waals surface area (Å²) in [6, 6.07) is 30.7. The molecule has 0 saturated carbocycles. The molecule has 0 aliphatic heterocycles. The lowest BCUT2D eigenvalue weighted by atomic mass is 9.90. The number of carbonyl (C=O) groups excluding carboxylic acids is 1. The third-order valence-corrected chi connectivity index (χ3v) is 5.96. The van der Waals surface area contributed by atoms with Crippen LogP contribution in [-0.4, -0.2) is 13.1 Å². The molecule has 4 heteroatoms. The summed E-state index contributed by atoms with van der Waals surface area (Å²) in [5, 5.41) is 2.51. The second-order valence-corrected chi connectivity index (χ2v) is 7.89. The Labute approximate surface area is 187 Å². The second kappa shape index (κ2) is 8.93. The summed E-state index contributed by atoms with van der Waals surface area (Å²) >= 11 is 6.47. The Bertz CT molecular complexity index is 1200. The normalized spacial score (nSPS) is 14.0. The Hall–Kier alpha value is -3.14. The van der Waals surface area contributed by atoms with Crippen molar-refractivity contribution in [1.29, 1.82) is 0 Å². The first kappa shape index (κ1) is 21.1. The van der Waals surface area contributed by atoms with Crippen molar-refractivity contribution in [2.75, 3.05) is 7.11 Å². The Morgan fingerprint density at radius 2 is 1.48 bits per heavy atom. The molecule has 0 saturated heterocycles. The zero-order chi connectivity index (χ0) is 21.8. The Balaban J connectivity index is 1.77. The van der Waals surface area contributed by atoms with Crippen LogP contribution >= 0.6 is 11.6 Å². The lowest BCUT2D eigenvalue weighted by Gasteiger charge is -2.30. The van der Waals surface area contributed by atoms with Crippen LogP contribution in [0.5, 0.6) is 0 Å². The van der Waals surface area contributed by atoms with Crippen LogP contribution in [-0.2, 0) is 19.9 Å². The van der Waals surface area contributed by atoms with Crippen molar-refractivity contribution in [1.82, 2.24) is 0 Å². The highest BCUT2D eigenvalue weighted by Gasteiger charge is 2.40. The van der Waals surface area contributed by atoms with Crippen LogP contribution in [0.4, 0.5) is 0 Å². The summed E-state index contributed by atoms with van der Waals surface area (Å²) in [4.78, 5) is 13.6. The van der Waals surface area contributed by atoms with Crippen molar-refractivity contribution in [3.05, 3.63) is 119 Å². The van der Waals surface area contributed by atoms with Crippen LogP contribution in [0, 0.1) is 0 Å². The molecule has 0 aliphatic carbocycles. The fraction of sp³-hybridized carbons (Fsp3) is 0.148. The summed E-state index contributed by atoms with van der Waals surface area (Å²) < 4.78 is 11.9. The standard InChI is InChI=1S/C27H23ClO3/c1-27(30-2,23-17-10-14-19-11-6-7-15-21(19)23)26(29)31-25(20-12-4-3-5-13-20)22-16-8-9-18-24(22)28/h3-18,25H,1-2H3/t25?,27-/m0/s1. The molecule has 3 nitrogen and oxygen atoms in total. The Morgan fingerprint density at radius 3 is 2.23 bits per heavy atom. The van der Waals surface area contributed by atoms with Gasteiger partial charge in [0.05, 0.1) is 0 Å². The van der Waals surface area contributed by atoms with Gasteiger partial charge in [0, 0.05) is 23.3 Å². The topological polar surface area (TPSA) is 35.5 Å². The SMILES string of the molecule is CO[C@](C)(C(=O)OC(c1ccccc1)c1ccccc1Cl)c1cccc2ccccc12. The predicted octanol–water partition coefficient (Wildman–Crippen LogP) is 6.69. The van der Waals surface area contributed by atoms with Crippen LogP contribution in [0.2, 0.25) is 5.02 Å². The molecule has 31 heavy (non-hydrogen) atoms. The molecule has 156 valence electrons. The average molecular weight is 431 g/mol. The molecular weight excluding hydrogens is 408 g/mol. The third kappa shape index (κ3) is 4.07. The highest BCUT2D eigenvalue weighted by atomic mass is 35.5. The van der Waals surface area contributed by atoms with Gasteiger partial charge in [0.2, 0.25) is 0 Å². The van der Waals surface area contributed by atoms with Crippen molar-refractivity contribution in [3.63, 3.8) is 0 Å². The molecule has 0 aliphatic rings. The molecule has 0 radical (unpaired) electrons. The van der Waals surface area contributed by atoms with E-state index < -0.39 is 17.7 Å². The molecule has 4 rings (SSSR count). The number of fused-ring (bicyclic) bond motifs is 1. The largest absolute Gasteiger partial charge is 0.450 e. The molecule has 0 N–H and O–H groups in total. The van der Waals surface area contributed by atoms with Gasteiger partial charge in [-0.3, -0.25) is 0 Å². The molecular formula is C27H23ClO3. The number of hydrogen-bond donors (Lipinski definition) is 0. The van der Waals surface area contributed by atoms with Crippen molar-refractivity contribution in [2.24, 2.45) is 0 Å². The molecule has 0 bridgehead atoms. The highest BCUT2D eigenvalue weighted by molar-refractivity contribution is 6.31. The monoisotopic (exact) mass is 430 g/mol. The maximum absolute atomic E-state index is 13.6. The number of halogens is 1. The van der Waals surface area contributed by atoms with Gasteiger partial charge in [0.1, 0.15) is 0 Å². The molecule has 0 amide bonds. The van der Waals surface area contributed by atoms with E-state index in [1.165, 1.54) is 7.11 Å². The van der Waals surface area contributed by atoms with Crippen molar-refractivity contribution < 1.29 is 14.3 Å². The van der Waals surface area contributed by atoms with Crippen LogP contribution in [0.25, 0.3) is 10.8 Å². The van der Waals surface area contributed by atoms with E-state index in [4.69, 9.17) is 21.1 Å². The smallest absolute Gasteiger partial charge is 0.343 e. The maximum atomic E-state index is 13.6. The molecule has 4 aromatic carbocycles. The Kier molecular flexibility index (Phi) is 6.08. The fourth-order valence-corrected chi connectivity index (χ4v) is 4.03. The number of hydrogen-bond acceptors (Lipinski definition) is 3. The number of carbonyl (C=O) groups is 1. The van der Waals surface area contributed by atoms with Crippen LogP contribution in [0.15, 0.2) is 97.1 Å². The maximum Gasteiger partial charge on any atom is 0.343 e. The van der Waals surface area contributed by atoms with E-state index in [1.54, 1.807) is 13.0 Å². The lowest BCUT2D eigenvalue weighted by molar-refractivity contribution is -0.172. The minimum atomic E-state index is -1.30. The van der Waals surface area contributed by atoms with Crippen molar-refractivity contribution >= 4 is 28.3 Å². The van der Waals surface area contributed by atoms with Crippen LogP contribution in [0.3, 0.4) is 0 Å². The van der Waals surface area contributed by atoms with E-state index in [0.717, 1.165) is 27.5 Å². The van der Waals surface area contributed by atoms with E-state index >= 15 is 0 Å². The summed E-state index contributed by atoms with van der Waals surface area (Å²) in [5.74, 6) is -0.486. The van der Waals surface area contributed by atoms with E-state index in [-0.39, 0.29) is 0 Å². The minimum absolute atomic E-state index is 0.486. The fourth-order valence-electron chi connectivity index (χ4n) is 3.79. The van der Waals surface area contributed by atoms with Crippen LogP contribution < -0.4 is 0 Å². The summed E-state index contributed by atoms with van der Waals surface area (Å²) in [6.45, 7) is 1.74. The quantitative estimate of drug-likeness (QED) is 0.320. The third-order valence-electron chi connectivity index (χ3n) is 5.62. The number of ether oxygens (including phenoxy) is 2. The zero-order valence-electron chi connectivity index (χ0n) is 17.4. The second-order valence-electron chi connectivity index (χ2n) is 7.48. The first-order valence-electron chi connectivity index (χ1n) is 10.1. The first-order valence-corrected chi connectivity index (χ1v) is 10.5. The van der Waals surface area contributed by atoms with E-state index in [2.05, 4.69) is 0 Å². The lowest BCUT2D eigenvalue weighted by Crippen LogP contribution is -2.37. The molecule has 0 heterocycles. The predicted molar refractivity (Wildman–Crippen MR) is 124 cm³/mol. The van der Waals surface area contributed by atoms with Gasteiger partial charge in [-0.05, 0) is 29.3 Å². The van der Waals surface area contributed by atoms with Gasteiger partial charge in [0.15, 0.2) is 11.7 Å². The Morgan fingerprint density at radius 1 is 0.839 bits per heavy atom.